The Morgan fingerprint density at radius 1 is 1.21 bits per heavy atom. The van der Waals surface area contributed by atoms with Gasteiger partial charge in [-0.15, -0.1) is 0 Å². The summed E-state index contributed by atoms with van der Waals surface area (Å²) in [7, 11) is 0. The van der Waals surface area contributed by atoms with Gasteiger partial charge in [-0.2, -0.15) is 0 Å². The van der Waals surface area contributed by atoms with Crippen molar-refractivity contribution in [2.24, 2.45) is 0 Å². The Kier molecular flexibility index (Phi) is 4.97. The molecule has 5 heteroatoms. The number of benzene rings is 2. The molecule has 0 fully saturated rings. The third-order valence-electron chi connectivity index (χ3n) is 4.08. The average Bonchev–Trinajstić information content (AvgIpc) is 2.59. The molecule has 24 heavy (non-hydrogen) atoms. The van der Waals surface area contributed by atoms with Crippen LogP contribution >= 0.6 is 11.6 Å². The quantitative estimate of drug-likeness (QED) is 0.774. The standard InChI is InChI=1S/C19H20ClN3O/c1-3-11-21-13(2)18-22-17-10-5-4-9-16(17)19(24)23(18)15-8-6-7-14(20)12-15/h4-10,12-13,21H,3,11H2,1-2H3/p+1/t13-/m0/s1. The summed E-state index contributed by atoms with van der Waals surface area (Å²) >= 11 is 6.14. The highest BCUT2D eigenvalue weighted by molar-refractivity contribution is 6.30. The third kappa shape index (κ3) is 3.21. The predicted molar refractivity (Wildman–Crippen MR) is 97.8 cm³/mol. The van der Waals surface area contributed by atoms with Gasteiger partial charge in [-0.3, -0.25) is 9.36 Å². The molecular weight excluding hydrogens is 322 g/mol. The van der Waals surface area contributed by atoms with Gasteiger partial charge in [0.1, 0.15) is 6.04 Å². The van der Waals surface area contributed by atoms with E-state index in [1.807, 2.05) is 36.4 Å². The molecule has 2 N–H and O–H groups in total. The van der Waals surface area contributed by atoms with Gasteiger partial charge in [0.2, 0.25) is 0 Å². The topological polar surface area (TPSA) is 51.5 Å². The van der Waals surface area contributed by atoms with E-state index < -0.39 is 0 Å². The fourth-order valence-electron chi connectivity index (χ4n) is 2.84. The van der Waals surface area contributed by atoms with E-state index in [2.05, 4.69) is 19.2 Å². The monoisotopic (exact) mass is 342 g/mol. The number of rotatable bonds is 5. The molecule has 1 heterocycles. The van der Waals surface area contributed by atoms with E-state index in [0.29, 0.717) is 10.4 Å². The van der Waals surface area contributed by atoms with E-state index in [1.54, 1.807) is 16.7 Å². The molecule has 0 saturated carbocycles. The summed E-state index contributed by atoms with van der Waals surface area (Å²) in [5.74, 6) is 0.745. The first kappa shape index (κ1) is 16.7. The number of hydrogen-bond donors (Lipinski definition) is 1. The number of halogens is 1. The van der Waals surface area contributed by atoms with E-state index in [-0.39, 0.29) is 11.6 Å². The second-order valence-corrected chi connectivity index (χ2v) is 6.36. The molecule has 0 saturated heterocycles. The van der Waals surface area contributed by atoms with Crippen LogP contribution in [0.5, 0.6) is 0 Å². The summed E-state index contributed by atoms with van der Waals surface area (Å²) in [4.78, 5) is 17.9. The molecule has 0 amide bonds. The summed E-state index contributed by atoms with van der Waals surface area (Å²) < 4.78 is 1.69. The molecule has 1 atom stereocenters. The fraction of sp³-hybridized carbons (Fsp3) is 0.263. The Balaban J connectivity index is 2.27. The summed E-state index contributed by atoms with van der Waals surface area (Å²) in [6.07, 6.45) is 1.07. The van der Waals surface area contributed by atoms with Gasteiger partial charge in [0.05, 0.1) is 23.1 Å². The highest BCUT2D eigenvalue weighted by Gasteiger charge is 2.19. The van der Waals surface area contributed by atoms with Crippen LogP contribution in [0.3, 0.4) is 0 Å². The van der Waals surface area contributed by atoms with Crippen LogP contribution < -0.4 is 10.9 Å². The largest absolute Gasteiger partial charge is 0.338 e. The highest BCUT2D eigenvalue weighted by atomic mass is 35.5. The Hall–Kier alpha value is -2.17. The lowest BCUT2D eigenvalue weighted by Crippen LogP contribution is -2.85. The molecule has 3 rings (SSSR count). The maximum atomic E-state index is 13.1. The molecule has 0 radical (unpaired) electrons. The van der Waals surface area contributed by atoms with E-state index in [9.17, 15) is 4.79 Å². The van der Waals surface area contributed by atoms with Crippen molar-refractivity contribution in [1.82, 2.24) is 9.55 Å². The Morgan fingerprint density at radius 3 is 2.75 bits per heavy atom. The highest BCUT2D eigenvalue weighted by Crippen LogP contribution is 2.19. The van der Waals surface area contributed by atoms with Crippen molar-refractivity contribution in [2.75, 3.05) is 6.54 Å². The first-order valence-electron chi connectivity index (χ1n) is 8.22. The van der Waals surface area contributed by atoms with Gasteiger partial charge in [-0.1, -0.05) is 36.7 Å². The number of nitrogens with zero attached hydrogens (tertiary/aromatic N) is 2. The van der Waals surface area contributed by atoms with Crippen LogP contribution in [0.1, 0.15) is 32.1 Å². The van der Waals surface area contributed by atoms with Gasteiger partial charge in [0.25, 0.3) is 5.56 Å². The minimum absolute atomic E-state index is 0.0605. The number of fused-ring (bicyclic) bond motifs is 1. The molecule has 0 unspecified atom stereocenters. The van der Waals surface area contributed by atoms with Crippen LogP contribution in [0.2, 0.25) is 5.02 Å². The molecule has 4 nitrogen and oxygen atoms in total. The van der Waals surface area contributed by atoms with Crippen LogP contribution in [0.15, 0.2) is 53.3 Å². The number of nitrogens with two attached hydrogens (primary N) is 1. The SMILES string of the molecule is CCC[NH2+][C@@H](C)c1nc2ccccc2c(=O)n1-c1cccc(Cl)c1. The van der Waals surface area contributed by atoms with Crippen molar-refractivity contribution in [3.8, 4) is 5.69 Å². The van der Waals surface area contributed by atoms with Crippen LogP contribution in [0.4, 0.5) is 0 Å². The zero-order valence-corrected chi connectivity index (χ0v) is 14.6. The van der Waals surface area contributed by atoms with Gasteiger partial charge in [-0.05, 0) is 43.7 Å². The minimum Gasteiger partial charge on any atom is -0.338 e. The van der Waals surface area contributed by atoms with Crippen molar-refractivity contribution in [2.45, 2.75) is 26.3 Å². The third-order valence-corrected chi connectivity index (χ3v) is 4.32. The normalized spacial score (nSPS) is 12.5. The summed E-state index contributed by atoms with van der Waals surface area (Å²) in [5, 5.41) is 3.42. The molecule has 124 valence electrons. The number of quaternary nitrogens is 1. The maximum absolute atomic E-state index is 13.1. The van der Waals surface area contributed by atoms with Gasteiger partial charge in [0, 0.05) is 5.02 Å². The Labute approximate surface area is 146 Å². The lowest BCUT2D eigenvalue weighted by molar-refractivity contribution is -0.693. The molecule has 1 aromatic heterocycles. The zero-order chi connectivity index (χ0) is 17.1. The number of hydrogen-bond acceptors (Lipinski definition) is 2. The maximum Gasteiger partial charge on any atom is 0.266 e. The molecule has 0 aliphatic heterocycles. The summed E-state index contributed by atoms with van der Waals surface area (Å²) in [6, 6.07) is 14.9. The Bertz CT molecular complexity index is 920. The number of aromatic nitrogens is 2. The van der Waals surface area contributed by atoms with Gasteiger partial charge >= 0.3 is 0 Å². The first-order chi connectivity index (χ1) is 11.6. The van der Waals surface area contributed by atoms with E-state index in [4.69, 9.17) is 16.6 Å². The Morgan fingerprint density at radius 2 is 2.00 bits per heavy atom. The fourth-order valence-corrected chi connectivity index (χ4v) is 3.03. The smallest absolute Gasteiger partial charge is 0.266 e. The zero-order valence-electron chi connectivity index (χ0n) is 13.9. The van der Waals surface area contributed by atoms with E-state index >= 15 is 0 Å². The van der Waals surface area contributed by atoms with Crippen molar-refractivity contribution in [3.63, 3.8) is 0 Å². The molecule has 3 aromatic rings. The van der Waals surface area contributed by atoms with Crippen LogP contribution in [0.25, 0.3) is 16.6 Å². The van der Waals surface area contributed by atoms with Gasteiger partial charge < -0.3 is 5.32 Å². The van der Waals surface area contributed by atoms with E-state index in [1.165, 1.54) is 0 Å². The van der Waals surface area contributed by atoms with Crippen molar-refractivity contribution < 1.29 is 5.32 Å². The lowest BCUT2D eigenvalue weighted by atomic mass is 10.2. The van der Waals surface area contributed by atoms with Gasteiger partial charge in [-0.25, -0.2) is 4.98 Å². The molecule has 2 aromatic carbocycles. The summed E-state index contributed by atoms with van der Waals surface area (Å²) in [5.41, 5.74) is 1.42. The van der Waals surface area contributed by atoms with E-state index in [0.717, 1.165) is 30.0 Å². The van der Waals surface area contributed by atoms with Gasteiger partial charge in [0.15, 0.2) is 5.82 Å². The molecule has 0 aliphatic carbocycles. The lowest BCUT2D eigenvalue weighted by Gasteiger charge is -2.17. The summed E-state index contributed by atoms with van der Waals surface area (Å²) in [6.45, 7) is 5.20. The van der Waals surface area contributed by atoms with Crippen LogP contribution in [-0.2, 0) is 0 Å². The van der Waals surface area contributed by atoms with Crippen LogP contribution in [0, 0.1) is 0 Å². The van der Waals surface area contributed by atoms with Crippen molar-refractivity contribution in [3.05, 3.63) is 69.7 Å². The van der Waals surface area contributed by atoms with Crippen molar-refractivity contribution >= 4 is 22.5 Å². The molecule has 0 aliphatic rings. The average molecular weight is 343 g/mol. The molecule has 0 spiro atoms. The van der Waals surface area contributed by atoms with Crippen LogP contribution in [-0.4, -0.2) is 16.1 Å². The first-order valence-corrected chi connectivity index (χ1v) is 8.60. The second kappa shape index (κ2) is 7.16. The molecule has 0 bridgehead atoms. The minimum atomic E-state index is -0.0605. The molecular formula is C19H21ClN3O+. The van der Waals surface area contributed by atoms with Crippen molar-refractivity contribution in [1.29, 1.82) is 0 Å². The number of para-hydroxylation sites is 1. The second-order valence-electron chi connectivity index (χ2n) is 5.92. The predicted octanol–water partition coefficient (Wildman–Crippen LogP) is 3.07.